The molecule has 0 spiro atoms. The van der Waals surface area contributed by atoms with Crippen LogP contribution in [-0.2, 0) is 29.8 Å². The van der Waals surface area contributed by atoms with E-state index in [1.165, 1.54) is 18.2 Å². The summed E-state index contributed by atoms with van der Waals surface area (Å²) in [7, 11) is -1.67. The van der Waals surface area contributed by atoms with E-state index in [0.29, 0.717) is 29.0 Å². The number of aromatic nitrogens is 1. The second-order valence-corrected chi connectivity index (χ2v) is 10.9. The highest BCUT2D eigenvalue weighted by molar-refractivity contribution is 7.90. The van der Waals surface area contributed by atoms with Crippen molar-refractivity contribution >= 4 is 15.6 Å². The zero-order valence-electron chi connectivity index (χ0n) is 19.5. The molecule has 188 valence electrons. The third-order valence-corrected chi connectivity index (χ3v) is 8.21. The first-order valence-electron chi connectivity index (χ1n) is 11.4. The first-order chi connectivity index (χ1) is 16.5. The Kier molecular flexibility index (Phi) is 7.25. The minimum Gasteiger partial charge on any atom is -0.368 e. The van der Waals surface area contributed by atoms with Crippen molar-refractivity contribution in [3.05, 3.63) is 82.9 Å². The van der Waals surface area contributed by atoms with E-state index >= 15 is 0 Å². The maximum Gasteiger partial charge on any atom is 0.166 e. The summed E-state index contributed by atoms with van der Waals surface area (Å²) < 4.78 is 66.6. The van der Waals surface area contributed by atoms with Crippen molar-refractivity contribution in [1.29, 1.82) is 4.78 Å². The molecule has 1 aliphatic rings. The highest BCUT2D eigenvalue weighted by Gasteiger charge is 2.32. The van der Waals surface area contributed by atoms with Crippen molar-refractivity contribution in [2.75, 3.05) is 5.32 Å². The lowest BCUT2D eigenvalue weighted by Crippen LogP contribution is -2.37. The molecule has 3 aromatic rings. The van der Waals surface area contributed by atoms with Gasteiger partial charge in [0.15, 0.2) is 17.9 Å². The Morgan fingerprint density at radius 3 is 2.60 bits per heavy atom. The molecule has 0 fully saturated rings. The molecule has 2 unspecified atom stereocenters. The molecule has 6 nitrogen and oxygen atoms in total. The van der Waals surface area contributed by atoms with Gasteiger partial charge in [0.2, 0.25) is 0 Å². The molecule has 10 heteroatoms. The predicted octanol–water partition coefficient (Wildman–Crippen LogP) is 5.04. The van der Waals surface area contributed by atoms with Crippen LogP contribution in [0.2, 0.25) is 0 Å². The summed E-state index contributed by atoms with van der Waals surface area (Å²) in [5, 5.41) is 13.6. The number of anilines is 1. The number of benzene rings is 2. The van der Waals surface area contributed by atoms with Crippen LogP contribution in [0.5, 0.6) is 0 Å². The Bertz CT molecular complexity index is 1310. The molecule has 35 heavy (non-hydrogen) atoms. The number of aliphatic hydroxyl groups excluding tert-OH is 1. The summed E-state index contributed by atoms with van der Waals surface area (Å²) in [5.74, 6) is -2.21. The minimum atomic E-state index is -3.35. The molecular weight excluding hydrogens is 477 g/mol. The van der Waals surface area contributed by atoms with Crippen LogP contribution in [-0.4, -0.2) is 19.9 Å². The number of nitrogens with zero attached hydrogens (tertiary/aromatic N) is 1. The largest absolute Gasteiger partial charge is 0.368 e. The van der Waals surface area contributed by atoms with E-state index in [-0.39, 0.29) is 23.5 Å². The normalized spacial score (nSPS) is 21.7. The monoisotopic (exact) mass is 506 g/mol. The summed E-state index contributed by atoms with van der Waals surface area (Å²) in [4.78, 5) is 0.314. The maximum absolute atomic E-state index is 13.6. The summed E-state index contributed by atoms with van der Waals surface area (Å²) in [5.41, 5.74) is 2.23. The van der Waals surface area contributed by atoms with Gasteiger partial charge in [-0.2, -0.15) is 0 Å². The molecule has 0 radical (unpaired) electrons. The molecule has 4 atom stereocenters. The van der Waals surface area contributed by atoms with Gasteiger partial charge in [0.25, 0.3) is 0 Å². The van der Waals surface area contributed by atoms with E-state index in [4.69, 9.17) is 4.78 Å². The van der Waals surface area contributed by atoms with E-state index in [1.807, 2.05) is 6.92 Å². The number of rotatable bonds is 7. The van der Waals surface area contributed by atoms with E-state index < -0.39 is 27.8 Å². The van der Waals surface area contributed by atoms with Gasteiger partial charge in [-0.05, 0) is 67.0 Å². The molecule has 2 aromatic carbocycles. The van der Waals surface area contributed by atoms with Crippen molar-refractivity contribution < 1.29 is 22.5 Å². The van der Waals surface area contributed by atoms with Crippen molar-refractivity contribution in [3.63, 3.8) is 0 Å². The van der Waals surface area contributed by atoms with Crippen molar-refractivity contribution in [2.45, 2.75) is 49.8 Å². The van der Waals surface area contributed by atoms with Gasteiger partial charge in [-0.15, -0.1) is 0 Å². The lowest BCUT2D eigenvalue weighted by Gasteiger charge is -2.24. The Labute approximate surface area is 203 Å². The van der Waals surface area contributed by atoms with Crippen LogP contribution in [0, 0.1) is 28.1 Å². The molecule has 0 saturated carbocycles. The van der Waals surface area contributed by atoms with Crippen LogP contribution in [0.25, 0.3) is 0 Å². The molecule has 0 saturated heterocycles. The van der Waals surface area contributed by atoms with Crippen LogP contribution in [0.4, 0.5) is 18.9 Å². The molecule has 0 bridgehead atoms. The highest BCUT2D eigenvalue weighted by Crippen LogP contribution is 2.33. The molecule has 0 amide bonds. The number of hydrogen-bond acceptors (Lipinski definition) is 4. The van der Waals surface area contributed by atoms with E-state index in [0.717, 1.165) is 30.5 Å². The van der Waals surface area contributed by atoms with Gasteiger partial charge < -0.3 is 15.0 Å². The summed E-state index contributed by atoms with van der Waals surface area (Å²) in [6.45, 7) is 2.03. The van der Waals surface area contributed by atoms with E-state index in [2.05, 4.69) is 10.0 Å². The van der Waals surface area contributed by atoms with E-state index in [9.17, 15) is 22.5 Å². The topological polar surface area (TPSA) is 90.1 Å². The van der Waals surface area contributed by atoms with Gasteiger partial charge in [-0.1, -0.05) is 19.1 Å². The fraction of sp³-hybridized carbons (Fsp3) is 0.360. The molecule has 1 aliphatic heterocycles. The summed E-state index contributed by atoms with van der Waals surface area (Å²) >= 11 is 0. The van der Waals surface area contributed by atoms with Crippen LogP contribution < -0.4 is 10.0 Å². The molecule has 0 aliphatic carbocycles. The highest BCUT2D eigenvalue weighted by atomic mass is 32.2. The third-order valence-electron chi connectivity index (χ3n) is 6.60. The maximum atomic E-state index is 13.6. The number of fused-ring (bicyclic) bond motifs is 1. The molecule has 4 N–H and O–H groups in total. The second kappa shape index (κ2) is 10.0. The Morgan fingerprint density at radius 1 is 1.20 bits per heavy atom. The number of aryl methyl sites for hydroxylation is 2. The van der Waals surface area contributed by atoms with Crippen LogP contribution in [0.3, 0.4) is 0 Å². The third kappa shape index (κ3) is 5.55. The molecule has 2 heterocycles. The summed E-state index contributed by atoms with van der Waals surface area (Å²) in [6, 6.07) is 9.40. The van der Waals surface area contributed by atoms with Crippen LogP contribution in [0.1, 0.15) is 42.8 Å². The first kappa shape index (κ1) is 25.3. The second-order valence-electron chi connectivity index (χ2n) is 9.11. The SMILES string of the molecule is C[C@@H](CCc1ccc(F)cc1)[C@H]1CCc2c(cn(C)c2C(O)Nc2ccc(F)c(F)c2)S(=N)(=O)N1. The van der Waals surface area contributed by atoms with Gasteiger partial charge in [0.1, 0.15) is 15.7 Å². The van der Waals surface area contributed by atoms with Crippen molar-refractivity contribution in [1.82, 2.24) is 9.29 Å². The molecule has 1 aromatic heterocycles. The zero-order valence-corrected chi connectivity index (χ0v) is 20.3. The summed E-state index contributed by atoms with van der Waals surface area (Å²) in [6.07, 6.45) is 2.88. The smallest absolute Gasteiger partial charge is 0.166 e. The van der Waals surface area contributed by atoms with Crippen LogP contribution in [0.15, 0.2) is 53.6 Å². The predicted molar refractivity (Wildman–Crippen MR) is 129 cm³/mol. The molecular formula is C25H29F3N4O2S. The van der Waals surface area contributed by atoms with Crippen molar-refractivity contribution in [3.8, 4) is 0 Å². The Balaban J connectivity index is 1.51. The van der Waals surface area contributed by atoms with Crippen LogP contribution >= 0.6 is 0 Å². The zero-order chi connectivity index (χ0) is 25.3. The first-order valence-corrected chi connectivity index (χ1v) is 13.0. The van der Waals surface area contributed by atoms with Gasteiger partial charge in [-0.25, -0.2) is 26.9 Å². The fourth-order valence-corrected chi connectivity index (χ4v) is 6.38. The number of halogens is 3. The van der Waals surface area contributed by atoms with Crippen molar-refractivity contribution in [2.24, 2.45) is 13.0 Å². The van der Waals surface area contributed by atoms with E-state index in [1.54, 1.807) is 29.9 Å². The lowest BCUT2D eigenvalue weighted by molar-refractivity contribution is 0.198. The van der Waals surface area contributed by atoms with Gasteiger partial charge in [-0.3, -0.25) is 0 Å². The fourth-order valence-electron chi connectivity index (χ4n) is 4.61. The average Bonchev–Trinajstić information content (AvgIpc) is 3.09. The number of nitrogens with one attached hydrogen (secondary N) is 3. The Morgan fingerprint density at radius 2 is 1.91 bits per heavy atom. The minimum absolute atomic E-state index is 0.0951. The number of hydrogen-bond donors (Lipinski definition) is 4. The van der Waals surface area contributed by atoms with Gasteiger partial charge >= 0.3 is 0 Å². The Hall–Kier alpha value is -2.82. The van der Waals surface area contributed by atoms with Gasteiger partial charge in [0, 0.05) is 31.0 Å². The standard InChI is InChI=1S/C25H29F3N4O2S/c1-15(3-4-16-5-7-17(26)8-6-16)22-12-10-19-23(35(29,34)31-22)14-32(2)24(19)25(33)30-18-9-11-20(27)21(28)13-18/h5-9,11,13-15,22,25,30,33H,3-4,10,12H2,1-2H3,(H2,29,31,34)/t15-,22+,25?,35?/m0/s1. The number of aliphatic hydroxyl groups is 1. The quantitative estimate of drug-likeness (QED) is 0.339. The lowest BCUT2D eigenvalue weighted by atomic mass is 9.91. The van der Waals surface area contributed by atoms with Gasteiger partial charge in [0.05, 0.1) is 10.6 Å². The molecule has 4 rings (SSSR count). The average molecular weight is 507 g/mol.